The Morgan fingerprint density at radius 2 is 2.38 bits per heavy atom. The number of hydrogen-bond acceptors (Lipinski definition) is 2. The molecule has 0 bridgehead atoms. The highest BCUT2D eigenvalue weighted by Gasteiger charge is 1.89. The maximum absolute atomic E-state index is 9.76. The summed E-state index contributed by atoms with van der Waals surface area (Å²) in [4.78, 5) is 0. The first-order valence-electron chi connectivity index (χ1n) is 2.07. The SMILES string of the molecule is O=S(O)OCCCI. The maximum atomic E-state index is 9.76. The molecule has 50 valence electrons. The summed E-state index contributed by atoms with van der Waals surface area (Å²) in [5.41, 5.74) is 0. The largest absolute Gasteiger partial charge is 0.301 e. The first-order valence-corrected chi connectivity index (χ1v) is 4.63. The van der Waals surface area contributed by atoms with E-state index in [2.05, 4.69) is 26.8 Å². The van der Waals surface area contributed by atoms with Crippen LogP contribution in [0.5, 0.6) is 0 Å². The molecule has 0 amide bonds. The standard InChI is InChI=1S/C3H7IO3S/c4-2-1-3-7-8(5)6/h1-3H2,(H,5,6). The van der Waals surface area contributed by atoms with Gasteiger partial charge in [0.25, 0.3) is 0 Å². The minimum Gasteiger partial charge on any atom is -0.284 e. The summed E-state index contributed by atoms with van der Waals surface area (Å²) in [5.74, 6) is 0. The lowest BCUT2D eigenvalue weighted by molar-refractivity contribution is 0.308. The number of rotatable bonds is 4. The van der Waals surface area contributed by atoms with Crippen molar-refractivity contribution in [3.05, 3.63) is 0 Å². The third kappa shape index (κ3) is 6.80. The van der Waals surface area contributed by atoms with Gasteiger partial charge >= 0.3 is 11.4 Å². The van der Waals surface area contributed by atoms with Crippen LogP contribution in [0.25, 0.3) is 0 Å². The number of halogens is 1. The van der Waals surface area contributed by atoms with E-state index in [0.29, 0.717) is 6.61 Å². The van der Waals surface area contributed by atoms with Crippen molar-refractivity contribution in [3.8, 4) is 0 Å². The van der Waals surface area contributed by atoms with Gasteiger partial charge in [-0.1, -0.05) is 22.6 Å². The van der Waals surface area contributed by atoms with Gasteiger partial charge in [-0.3, -0.25) is 8.74 Å². The summed E-state index contributed by atoms with van der Waals surface area (Å²) in [6, 6.07) is 0. The quantitative estimate of drug-likeness (QED) is 0.350. The molecule has 0 aromatic rings. The van der Waals surface area contributed by atoms with Crippen molar-refractivity contribution in [2.75, 3.05) is 11.0 Å². The highest BCUT2D eigenvalue weighted by atomic mass is 127. The normalized spacial score (nSPS) is 13.8. The molecular formula is C3H7IO3S. The average Bonchev–Trinajstić information content (AvgIpc) is 1.66. The van der Waals surface area contributed by atoms with Crippen molar-refractivity contribution in [1.29, 1.82) is 0 Å². The Morgan fingerprint density at radius 1 is 1.75 bits per heavy atom. The van der Waals surface area contributed by atoms with Crippen molar-refractivity contribution >= 4 is 34.0 Å². The molecule has 0 aromatic heterocycles. The number of alkyl halides is 1. The van der Waals surface area contributed by atoms with E-state index in [1.54, 1.807) is 0 Å². The lowest BCUT2D eigenvalue weighted by Gasteiger charge is -1.92. The van der Waals surface area contributed by atoms with Gasteiger partial charge < -0.3 is 0 Å². The molecule has 0 fully saturated rings. The summed E-state index contributed by atoms with van der Waals surface area (Å²) in [7, 11) is 0. The topological polar surface area (TPSA) is 46.5 Å². The van der Waals surface area contributed by atoms with Crippen LogP contribution >= 0.6 is 22.6 Å². The molecule has 0 heterocycles. The van der Waals surface area contributed by atoms with Crippen molar-refractivity contribution in [1.82, 2.24) is 0 Å². The van der Waals surface area contributed by atoms with Gasteiger partial charge in [-0.25, -0.2) is 0 Å². The zero-order valence-corrected chi connectivity index (χ0v) is 7.15. The predicted octanol–water partition coefficient (Wildman–Crippen LogP) is 0.965. The van der Waals surface area contributed by atoms with Crippen molar-refractivity contribution < 1.29 is 12.9 Å². The highest BCUT2D eigenvalue weighted by molar-refractivity contribution is 14.1. The molecule has 0 saturated carbocycles. The van der Waals surface area contributed by atoms with Gasteiger partial charge in [-0.15, -0.1) is 0 Å². The molecule has 0 radical (unpaired) electrons. The first-order chi connectivity index (χ1) is 3.77. The van der Waals surface area contributed by atoms with E-state index in [1.807, 2.05) is 0 Å². The van der Waals surface area contributed by atoms with Crippen LogP contribution in [-0.4, -0.2) is 19.8 Å². The van der Waals surface area contributed by atoms with Gasteiger partial charge in [0, 0.05) is 4.43 Å². The second kappa shape index (κ2) is 5.93. The van der Waals surface area contributed by atoms with Crippen LogP contribution in [0.4, 0.5) is 0 Å². The second-order valence-corrected chi connectivity index (χ2v) is 2.83. The predicted molar refractivity (Wildman–Crippen MR) is 40.2 cm³/mol. The van der Waals surface area contributed by atoms with E-state index in [0.717, 1.165) is 10.8 Å². The van der Waals surface area contributed by atoms with Gasteiger partial charge in [0.1, 0.15) is 0 Å². The Labute approximate surface area is 64.4 Å². The molecule has 1 unspecified atom stereocenters. The zero-order valence-electron chi connectivity index (χ0n) is 4.17. The third-order valence-corrected chi connectivity index (χ3v) is 1.59. The molecule has 0 spiro atoms. The van der Waals surface area contributed by atoms with Crippen LogP contribution in [-0.2, 0) is 15.5 Å². The van der Waals surface area contributed by atoms with Crippen LogP contribution in [0, 0.1) is 0 Å². The third-order valence-electron chi connectivity index (χ3n) is 0.462. The van der Waals surface area contributed by atoms with Crippen LogP contribution in [0.15, 0.2) is 0 Å². The van der Waals surface area contributed by atoms with Crippen LogP contribution in [0.2, 0.25) is 0 Å². The second-order valence-electron chi connectivity index (χ2n) is 1.08. The Balaban J connectivity index is 2.82. The van der Waals surface area contributed by atoms with Gasteiger partial charge in [0.05, 0.1) is 6.61 Å². The molecule has 1 atom stereocenters. The summed E-state index contributed by atoms with van der Waals surface area (Å²) >= 11 is 0.103. The summed E-state index contributed by atoms with van der Waals surface area (Å²) in [5, 5.41) is 0. The van der Waals surface area contributed by atoms with Gasteiger partial charge in [0.2, 0.25) is 0 Å². The summed E-state index contributed by atoms with van der Waals surface area (Å²) in [6.07, 6.45) is 0.826. The van der Waals surface area contributed by atoms with Gasteiger partial charge in [-0.05, 0) is 6.42 Å². The Hall–Kier alpha value is 0.800. The highest BCUT2D eigenvalue weighted by Crippen LogP contribution is 1.89. The summed E-state index contributed by atoms with van der Waals surface area (Å²) < 4.78 is 23.0. The molecule has 5 heteroatoms. The van der Waals surface area contributed by atoms with Crippen molar-refractivity contribution in [3.63, 3.8) is 0 Å². The molecule has 0 saturated heterocycles. The van der Waals surface area contributed by atoms with E-state index in [1.165, 1.54) is 0 Å². The minimum absolute atomic E-state index is 0.367. The van der Waals surface area contributed by atoms with E-state index >= 15 is 0 Å². The average molecular weight is 250 g/mol. The molecule has 3 nitrogen and oxygen atoms in total. The van der Waals surface area contributed by atoms with Crippen molar-refractivity contribution in [2.45, 2.75) is 6.42 Å². The van der Waals surface area contributed by atoms with Crippen LogP contribution in [0.1, 0.15) is 6.42 Å². The van der Waals surface area contributed by atoms with Crippen LogP contribution < -0.4 is 0 Å². The fourth-order valence-corrected chi connectivity index (χ4v) is 0.757. The zero-order chi connectivity index (χ0) is 6.41. The molecule has 0 aliphatic heterocycles. The lowest BCUT2D eigenvalue weighted by atomic mass is 10.5. The van der Waals surface area contributed by atoms with Gasteiger partial charge in [-0.2, -0.15) is 4.21 Å². The molecule has 0 aliphatic carbocycles. The molecular weight excluding hydrogens is 243 g/mol. The van der Waals surface area contributed by atoms with E-state index in [4.69, 9.17) is 4.55 Å². The Kier molecular flexibility index (Phi) is 6.52. The van der Waals surface area contributed by atoms with Crippen molar-refractivity contribution in [2.24, 2.45) is 0 Å². The smallest absolute Gasteiger partial charge is 0.284 e. The monoisotopic (exact) mass is 250 g/mol. The van der Waals surface area contributed by atoms with E-state index in [9.17, 15) is 4.21 Å². The van der Waals surface area contributed by atoms with Gasteiger partial charge in [0.15, 0.2) is 0 Å². The molecule has 1 N–H and O–H groups in total. The minimum atomic E-state index is -2.07. The Bertz CT molecular complexity index is 76.9. The molecule has 0 rings (SSSR count). The van der Waals surface area contributed by atoms with Crippen LogP contribution in [0.3, 0.4) is 0 Å². The number of hydrogen-bond donors (Lipinski definition) is 1. The fourth-order valence-electron chi connectivity index (χ4n) is 0.185. The fraction of sp³-hybridized carbons (Fsp3) is 1.00. The molecule has 0 aliphatic rings. The summed E-state index contributed by atoms with van der Waals surface area (Å²) in [6.45, 7) is 0.367. The lowest BCUT2D eigenvalue weighted by Crippen LogP contribution is -1.96. The maximum Gasteiger partial charge on any atom is 0.301 e. The molecule has 0 aromatic carbocycles. The molecule has 8 heavy (non-hydrogen) atoms. The van der Waals surface area contributed by atoms with E-state index < -0.39 is 11.4 Å². The first kappa shape index (κ1) is 8.80. The van der Waals surface area contributed by atoms with E-state index in [-0.39, 0.29) is 0 Å². The Morgan fingerprint density at radius 3 is 2.75 bits per heavy atom.